The van der Waals surface area contributed by atoms with Crippen LogP contribution in [-0.4, -0.2) is 140 Å². The number of methoxy groups -OCH3 is 3. The molecule has 0 aromatic heterocycles. The van der Waals surface area contributed by atoms with E-state index in [1.54, 1.807) is 30.8 Å². The van der Waals surface area contributed by atoms with Gasteiger partial charge in [-0.05, 0) is 68.3 Å². The van der Waals surface area contributed by atoms with Gasteiger partial charge in [0.15, 0.2) is 0 Å². The summed E-state index contributed by atoms with van der Waals surface area (Å²) in [5, 5.41) is 5.89. The Labute approximate surface area is 383 Å². The average molecular weight is 899 g/mol. The van der Waals surface area contributed by atoms with Gasteiger partial charge in [-0.1, -0.05) is 92.1 Å². The zero-order valence-corrected chi connectivity index (χ0v) is 41.6. The number of carbonyl (C=O) groups is 6. The Morgan fingerprint density at radius 2 is 1.53 bits per heavy atom. The molecule has 1 saturated heterocycles. The number of hydrogen-bond donors (Lipinski definition) is 3. The van der Waals surface area contributed by atoms with E-state index in [0.29, 0.717) is 38.6 Å². The molecule has 362 valence electrons. The standard InChI is InChI=1S/C49H82N6O9/c1-16-31(6)41(54(12)46(60)39(29(2)3)52-44(58)40(30(4)5)53(11)45(59)34-27-49(34,10)28-48(8,9)50)37(62-13)26-38(56)55-24-20-23-36(55)42(63-14)32(7)43(57)51-35(47(61)64-15)25-33-21-18-17-19-22-33/h17-19,21-22,29-32,34-37,39-42H,16,20,23-28,50H2,1-15H3,(H,51,57)(H,52,58)/t31?,32-,34?,35?,36+,37-,39+,40+,41?,42-,49?/m1/s1. The van der Waals surface area contributed by atoms with E-state index in [9.17, 15) is 28.8 Å². The third-order valence-corrected chi connectivity index (χ3v) is 13.7. The van der Waals surface area contributed by atoms with Crippen LogP contribution in [0, 0.1) is 35.0 Å². The van der Waals surface area contributed by atoms with Crippen LogP contribution < -0.4 is 16.4 Å². The van der Waals surface area contributed by atoms with Crippen LogP contribution in [0.3, 0.4) is 0 Å². The Morgan fingerprint density at radius 1 is 0.906 bits per heavy atom. The molecule has 1 aromatic carbocycles. The predicted molar refractivity (Wildman–Crippen MR) is 247 cm³/mol. The molecule has 15 heteroatoms. The van der Waals surface area contributed by atoms with Crippen molar-refractivity contribution in [2.45, 2.75) is 162 Å². The molecule has 0 spiro atoms. The van der Waals surface area contributed by atoms with E-state index in [2.05, 4.69) is 17.6 Å². The van der Waals surface area contributed by atoms with Crippen LogP contribution in [0.2, 0.25) is 0 Å². The molecule has 1 heterocycles. The molecular weight excluding hydrogens is 817 g/mol. The van der Waals surface area contributed by atoms with Gasteiger partial charge in [0.1, 0.15) is 18.1 Å². The Hall–Kier alpha value is -4.08. The molecule has 1 saturated carbocycles. The minimum atomic E-state index is -0.921. The number of likely N-dealkylation sites (N-methyl/N-ethyl adjacent to an activating group) is 2. The van der Waals surface area contributed by atoms with Crippen molar-refractivity contribution in [1.82, 2.24) is 25.3 Å². The summed E-state index contributed by atoms with van der Waals surface area (Å²) < 4.78 is 17.0. The highest BCUT2D eigenvalue weighted by Gasteiger charge is 2.57. The van der Waals surface area contributed by atoms with Crippen molar-refractivity contribution in [2.75, 3.05) is 42.0 Å². The second-order valence-electron chi connectivity index (χ2n) is 20.3. The van der Waals surface area contributed by atoms with Gasteiger partial charge in [-0.3, -0.25) is 24.0 Å². The van der Waals surface area contributed by atoms with E-state index >= 15 is 0 Å². The van der Waals surface area contributed by atoms with Gasteiger partial charge in [0, 0.05) is 52.7 Å². The van der Waals surface area contributed by atoms with E-state index in [1.807, 2.05) is 85.7 Å². The Bertz CT molecular complexity index is 1740. The first-order chi connectivity index (χ1) is 29.9. The van der Waals surface area contributed by atoms with E-state index < -0.39 is 71.7 Å². The minimum absolute atomic E-state index is 0.0411. The molecule has 4 N–H and O–H groups in total. The lowest BCUT2D eigenvalue weighted by Gasteiger charge is -2.41. The van der Waals surface area contributed by atoms with Crippen LogP contribution in [0.4, 0.5) is 0 Å². The smallest absolute Gasteiger partial charge is 0.328 e. The van der Waals surface area contributed by atoms with Crippen molar-refractivity contribution in [3.05, 3.63) is 35.9 Å². The fraction of sp³-hybridized carbons (Fsp3) is 0.755. The summed E-state index contributed by atoms with van der Waals surface area (Å²) in [6, 6.07) is 5.74. The molecule has 2 aliphatic rings. The van der Waals surface area contributed by atoms with Crippen molar-refractivity contribution < 1.29 is 43.0 Å². The molecule has 2 fully saturated rings. The van der Waals surface area contributed by atoms with Gasteiger partial charge >= 0.3 is 5.97 Å². The number of ether oxygens (including phenoxy) is 3. The highest BCUT2D eigenvalue weighted by molar-refractivity contribution is 5.93. The van der Waals surface area contributed by atoms with Crippen molar-refractivity contribution >= 4 is 35.5 Å². The summed E-state index contributed by atoms with van der Waals surface area (Å²) in [5.74, 6) is -3.58. The summed E-state index contributed by atoms with van der Waals surface area (Å²) >= 11 is 0. The molecule has 5 unspecified atom stereocenters. The second kappa shape index (κ2) is 23.4. The molecule has 11 atom stereocenters. The minimum Gasteiger partial charge on any atom is -0.467 e. The fourth-order valence-electron chi connectivity index (χ4n) is 10.1. The van der Waals surface area contributed by atoms with E-state index in [4.69, 9.17) is 19.9 Å². The number of benzene rings is 1. The topological polar surface area (TPSA) is 190 Å². The van der Waals surface area contributed by atoms with Gasteiger partial charge in [-0.25, -0.2) is 4.79 Å². The molecule has 15 nitrogen and oxygen atoms in total. The number of likely N-dealkylation sites (tertiary alicyclic amines) is 1. The fourth-order valence-corrected chi connectivity index (χ4v) is 10.1. The third-order valence-electron chi connectivity index (χ3n) is 13.7. The molecular formula is C49H82N6O9. The number of hydrogen-bond acceptors (Lipinski definition) is 10. The first kappa shape index (κ1) is 54.3. The molecule has 3 rings (SSSR count). The lowest BCUT2D eigenvalue weighted by molar-refractivity contribution is -0.149. The Balaban J connectivity index is 1.79. The van der Waals surface area contributed by atoms with Gasteiger partial charge in [-0.2, -0.15) is 0 Å². The summed E-state index contributed by atoms with van der Waals surface area (Å²) in [6.45, 7) is 19.7. The average Bonchev–Trinajstić information content (AvgIpc) is 3.63. The SMILES string of the molecule is CCC(C)C([C@@H](CC(=O)N1CCC[C@H]1[C@H](OC)[C@@H](C)C(=O)NC(Cc1ccccc1)C(=O)OC)OC)N(C)C(=O)[C@@H](NC(=O)[C@H](C(C)C)N(C)C(=O)C1CC1(C)CC(C)(C)N)C(C)C. The molecule has 64 heavy (non-hydrogen) atoms. The number of rotatable bonds is 24. The summed E-state index contributed by atoms with van der Waals surface area (Å²) in [5.41, 5.74) is 6.52. The monoisotopic (exact) mass is 899 g/mol. The number of amides is 5. The third kappa shape index (κ3) is 13.7. The number of nitrogens with zero attached hydrogens (tertiary/aromatic N) is 3. The number of nitrogens with one attached hydrogen (secondary N) is 2. The van der Waals surface area contributed by atoms with Crippen LogP contribution in [0.5, 0.6) is 0 Å². The first-order valence-corrected chi connectivity index (χ1v) is 23.3. The van der Waals surface area contributed by atoms with Crippen molar-refractivity contribution in [3.8, 4) is 0 Å². The molecule has 5 amide bonds. The van der Waals surface area contributed by atoms with Crippen LogP contribution in [0.1, 0.15) is 113 Å². The lowest BCUT2D eigenvalue weighted by Crippen LogP contribution is -2.60. The van der Waals surface area contributed by atoms with Gasteiger partial charge in [0.05, 0.1) is 43.7 Å². The molecule has 1 aromatic rings. The zero-order chi connectivity index (χ0) is 48.4. The van der Waals surface area contributed by atoms with Gasteiger partial charge in [0.25, 0.3) is 0 Å². The van der Waals surface area contributed by atoms with Crippen molar-refractivity contribution in [2.24, 2.45) is 40.7 Å². The summed E-state index contributed by atoms with van der Waals surface area (Å²) in [6.07, 6.45) is 2.21. The maximum absolute atomic E-state index is 14.6. The second-order valence-corrected chi connectivity index (χ2v) is 20.3. The van der Waals surface area contributed by atoms with Crippen LogP contribution in [-0.2, 0) is 49.4 Å². The molecule has 1 aliphatic carbocycles. The molecule has 0 bridgehead atoms. The number of carbonyl (C=O) groups excluding carboxylic acids is 6. The largest absolute Gasteiger partial charge is 0.467 e. The maximum Gasteiger partial charge on any atom is 0.328 e. The first-order valence-electron chi connectivity index (χ1n) is 23.3. The Morgan fingerprint density at radius 3 is 2.05 bits per heavy atom. The Kier molecular flexibility index (Phi) is 19.8. The highest BCUT2D eigenvalue weighted by Crippen LogP contribution is 2.57. The number of esters is 1. The van der Waals surface area contributed by atoms with Crippen LogP contribution >= 0.6 is 0 Å². The number of nitrogens with two attached hydrogens (primary N) is 1. The van der Waals surface area contributed by atoms with Gasteiger partial charge in [0.2, 0.25) is 29.5 Å². The summed E-state index contributed by atoms with van der Waals surface area (Å²) in [4.78, 5) is 88.4. The zero-order valence-electron chi connectivity index (χ0n) is 41.6. The molecule has 1 aliphatic heterocycles. The highest BCUT2D eigenvalue weighted by atomic mass is 16.5. The predicted octanol–water partition coefficient (Wildman–Crippen LogP) is 4.58. The van der Waals surface area contributed by atoms with Gasteiger partial charge < -0.3 is 45.3 Å². The summed E-state index contributed by atoms with van der Waals surface area (Å²) in [7, 11) is 7.69. The lowest BCUT2D eigenvalue weighted by atomic mass is 9.88. The van der Waals surface area contributed by atoms with Crippen molar-refractivity contribution in [3.63, 3.8) is 0 Å². The normalized spacial score (nSPS) is 22.4. The maximum atomic E-state index is 14.6. The molecule has 0 radical (unpaired) electrons. The van der Waals surface area contributed by atoms with Crippen LogP contribution in [0.15, 0.2) is 30.3 Å². The van der Waals surface area contributed by atoms with Crippen LogP contribution in [0.25, 0.3) is 0 Å². The quantitative estimate of drug-likeness (QED) is 0.124. The van der Waals surface area contributed by atoms with Crippen molar-refractivity contribution in [1.29, 1.82) is 0 Å². The van der Waals surface area contributed by atoms with E-state index in [-0.39, 0.29) is 59.6 Å². The van der Waals surface area contributed by atoms with Gasteiger partial charge in [-0.15, -0.1) is 0 Å². The van der Waals surface area contributed by atoms with E-state index in [0.717, 1.165) is 5.56 Å². The van der Waals surface area contributed by atoms with E-state index in [1.165, 1.54) is 26.2 Å².